The van der Waals surface area contributed by atoms with Crippen LogP contribution in [-0.2, 0) is 6.42 Å². The Bertz CT molecular complexity index is 1250. The highest BCUT2D eigenvalue weighted by Gasteiger charge is 2.27. The van der Waals surface area contributed by atoms with E-state index < -0.39 is 11.7 Å². The molecule has 0 atom stereocenters. The molecular formula is C24H24FN5O3. The van der Waals surface area contributed by atoms with Crippen LogP contribution in [0.2, 0.25) is 0 Å². The predicted molar refractivity (Wildman–Crippen MR) is 120 cm³/mol. The van der Waals surface area contributed by atoms with Crippen LogP contribution in [0.5, 0.6) is 0 Å². The molecule has 0 unspecified atom stereocenters. The van der Waals surface area contributed by atoms with Crippen LogP contribution in [0.1, 0.15) is 43.2 Å². The van der Waals surface area contributed by atoms with Crippen LogP contribution in [0.25, 0.3) is 0 Å². The van der Waals surface area contributed by atoms with Crippen LogP contribution in [0, 0.1) is 19.7 Å². The molecule has 1 fully saturated rings. The molecule has 0 aliphatic carbocycles. The van der Waals surface area contributed by atoms with E-state index in [2.05, 4.69) is 15.2 Å². The number of pyridine rings is 1. The maximum atomic E-state index is 14.6. The highest BCUT2D eigenvalue weighted by atomic mass is 19.1. The molecule has 1 aliphatic rings. The number of H-pyrrole nitrogens is 1. The Labute approximate surface area is 190 Å². The van der Waals surface area contributed by atoms with E-state index in [4.69, 9.17) is 0 Å². The van der Waals surface area contributed by atoms with Crippen LogP contribution in [-0.4, -0.2) is 63.0 Å². The van der Waals surface area contributed by atoms with Crippen molar-refractivity contribution in [1.82, 2.24) is 25.0 Å². The van der Waals surface area contributed by atoms with Crippen LogP contribution >= 0.6 is 0 Å². The molecule has 2 amide bonds. The molecule has 3 heterocycles. The molecule has 1 saturated heterocycles. The highest BCUT2D eigenvalue weighted by Crippen LogP contribution is 2.18. The minimum Gasteiger partial charge on any atom is -0.335 e. The molecule has 33 heavy (non-hydrogen) atoms. The summed E-state index contributed by atoms with van der Waals surface area (Å²) in [5.74, 6) is -1.20. The molecular weight excluding hydrogens is 425 g/mol. The van der Waals surface area contributed by atoms with Crippen molar-refractivity contribution in [1.29, 1.82) is 0 Å². The van der Waals surface area contributed by atoms with Crippen molar-refractivity contribution < 1.29 is 14.0 Å². The van der Waals surface area contributed by atoms with Crippen molar-refractivity contribution in [3.05, 3.63) is 92.4 Å². The first kappa shape index (κ1) is 22.3. The Morgan fingerprint density at radius 1 is 1.00 bits per heavy atom. The molecule has 0 bridgehead atoms. The van der Waals surface area contributed by atoms with Gasteiger partial charge in [0.2, 0.25) is 0 Å². The molecule has 170 valence electrons. The van der Waals surface area contributed by atoms with Crippen LogP contribution in [0.15, 0.2) is 47.4 Å². The van der Waals surface area contributed by atoms with E-state index in [1.54, 1.807) is 47.2 Å². The Kier molecular flexibility index (Phi) is 6.30. The molecule has 0 radical (unpaired) electrons. The first-order valence-corrected chi connectivity index (χ1v) is 10.7. The van der Waals surface area contributed by atoms with Gasteiger partial charge in [0, 0.05) is 44.4 Å². The lowest BCUT2D eigenvalue weighted by molar-refractivity contribution is 0.0529. The average Bonchev–Trinajstić information content (AvgIpc) is 2.85. The number of aromatic amines is 1. The summed E-state index contributed by atoms with van der Waals surface area (Å²) in [6.07, 6.45) is 1.92. The number of carbonyl (C=O) groups excluding carboxylic acids is 2. The minimum absolute atomic E-state index is 0.0178. The number of piperazine rings is 1. The van der Waals surface area contributed by atoms with Gasteiger partial charge in [0.15, 0.2) is 0 Å². The average molecular weight is 449 g/mol. The number of nitrogens with zero attached hydrogens (tertiary/aromatic N) is 4. The van der Waals surface area contributed by atoms with Gasteiger partial charge in [-0.05, 0) is 49.2 Å². The topological polar surface area (TPSA) is 99.3 Å². The lowest BCUT2D eigenvalue weighted by Crippen LogP contribution is -2.50. The first-order valence-electron chi connectivity index (χ1n) is 10.7. The molecule has 8 nitrogen and oxygen atoms in total. The molecule has 2 aromatic heterocycles. The number of nitrogens with one attached hydrogen (secondary N) is 1. The highest BCUT2D eigenvalue weighted by molar-refractivity contribution is 5.95. The van der Waals surface area contributed by atoms with Gasteiger partial charge in [0.1, 0.15) is 11.5 Å². The van der Waals surface area contributed by atoms with Gasteiger partial charge in [0.05, 0.1) is 11.3 Å². The van der Waals surface area contributed by atoms with E-state index in [1.807, 2.05) is 6.92 Å². The number of benzene rings is 1. The summed E-state index contributed by atoms with van der Waals surface area (Å²) >= 11 is 0. The van der Waals surface area contributed by atoms with Crippen LogP contribution in [0.3, 0.4) is 0 Å². The van der Waals surface area contributed by atoms with Crippen LogP contribution < -0.4 is 5.56 Å². The van der Waals surface area contributed by atoms with E-state index in [1.165, 1.54) is 12.1 Å². The summed E-state index contributed by atoms with van der Waals surface area (Å²) in [6.45, 7) is 4.84. The molecule has 1 aliphatic heterocycles. The second-order valence-electron chi connectivity index (χ2n) is 8.04. The fourth-order valence-corrected chi connectivity index (χ4v) is 3.82. The third-order valence-electron chi connectivity index (χ3n) is 6.00. The smallest absolute Gasteiger partial charge is 0.272 e. The van der Waals surface area contributed by atoms with E-state index in [9.17, 15) is 18.8 Å². The van der Waals surface area contributed by atoms with Gasteiger partial charge in [-0.25, -0.2) is 9.49 Å². The number of aromatic nitrogens is 3. The summed E-state index contributed by atoms with van der Waals surface area (Å²) < 4.78 is 14.6. The van der Waals surface area contributed by atoms with Crippen molar-refractivity contribution >= 4 is 11.8 Å². The number of halogens is 1. The standard InChI is InChI=1S/C24H24FN5O3/c1-15-16(2)22(31)28-27-21(15)14-17-6-7-19(25)18(13-17)23(32)29-9-11-30(12-10-29)24(33)20-5-3-4-8-26-20/h3-8,13H,9-12,14H2,1-2H3,(H,28,31). The zero-order valence-corrected chi connectivity index (χ0v) is 18.5. The maximum Gasteiger partial charge on any atom is 0.272 e. The predicted octanol–water partition coefficient (Wildman–Crippen LogP) is 2.11. The summed E-state index contributed by atoms with van der Waals surface area (Å²) in [4.78, 5) is 44.6. The number of carbonyl (C=O) groups is 2. The lowest BCUT2D eigenvalue weighted by Gasteiger charge is -2.34. The zero-order chi connectivity index (χ0) is 23.5. The Balaban J connectivity index is 1.46. The molecule has 9 heteroatoms. The largest absolute Gasteiger partial charge is 0.335 e. The molecule has 1 aromatic carbocycles. The third kappa shape index (κ3) is 4.67. The monoisotopic (exact) mass is 449 g/mol. The Morgan fingerprint density at radius 3 is 2.36 bits per heavy atom. The molecule has 4 rings (SSSR count). The Hall–Kier alpha value is -3.88. The SMILES string of the molecule is Cc1c(Cc2ccc(F)c(C(=O)N3CCN(C(=O)c4ccccn4)CC3)c2)n[nH]c(=O)c1C. The van der Waals surface area contributed by atoms with Crippen molar-refractivity contribution in [2.45, 2.75) is 20.3 Å². The van der Waals surface area contributed by atoms with Gasteiger partial charge in [-0.15, -0.1) is 0 Å². The number of rotatable bonds is 4. The summed E-state index contributed by atoms with van der Waals surface area (Å²) in [6, 6.07) is 9.56. The molecule has 3 aromatic rings. The summed E-state index contributed by atoms with van der Waals surface area (Å²) in [5, 5.41) is 6.56. The summed E-state index contributed by atoms with van der Waals surface area (Å²) in [7, 11) is 0. The fourth-order valence-electron chi connectivity index (χ4n) is 3.82. The number of hydrogen-bond donors (Lipinski definition) is 1. The molecule has 0 saturated carbocycles. The van der Waals surface area contributed by atoms with Crippen molar-refractivity contribution in [2.75, 3.05) is 26.2 Å². The van der Waals surface area contributed by atoms with Crippen molar-refractivity contribution in [2.24, 2.45) is 0 Å². The van der Waals surface area contributed by atoms with Crippen molar-refractivity contribution in [3.8, 4) is 0 Å². The third-order valence-corrected chi connectivity index (χ3v) is 6.00. The van der Waals surface area contributed by atoms with E-state index in [0.717, 1.165) is 5.56 Å². The van der Waals surface area contributed by atoms with Gasteiger partial charge < -0.3 is 9.80 Å². The molecule has 1 N–H and O–H groups in total. The first-order chi connectivity index (χ1) is 15.8. The van der Waals surface area contributed by atoms with Gasteiger partial charge >= 0.3 is 0 Å². The van der Waals surface area contributed by atoms with Gasteiger partial charge in [-0.2, -0.15) is 5.10 Å². The van der Waals surface area contributed by atoms with Gasteiger partial charge in [-0.3, -0.25) is 19.4 Å². The number of amides is 2. The zero-order valence-electron chi connectivity index (χ0n) is 18.5. The van der Waals surface area contributed by atoms with Gasteiger partial charge in [0.25, 0.3) is 17.4 Å². The van der Waals surface area contributed by atoms with E-state index in [0.29, 0.717) is 55.1 Å². The lowest BCUT2D eigenvalue weighted by atomic mass is 10.0. The van der Waals surface area contributed by atoms with E-state index >= 15 is 0 Å². The molecule has 0 spiro atoms. The number of hydrogen-bond acceptors (Lipinski definition) is 5. The maximum absolute atomic E-state index is 14.6. The normalized spacial score (nSPS) is 13.8. The minimum atomic E-state index is -0.599. The summed E-state index contributed by atoms with van der Waals surface area (Å²) in [5.41, 5.74) is 2.82. The van der Waals surface area contributed by atoms with Crippen molar-refractivity contribution in [3.63, 3.8) is 0 Å². The second-order valence-corrected chi connectivity index (χ2v) is 8.04. The second kappa shape index (κ2) is 9.32. The fraction of sp³-hybridized carbons (Fsp3) is 0.292. The van der Waals surface area contributed by atoms with Crippen LogP contribution in [0.4, 0.5) is 4.39 Å². The Morgan fingerprint density at radius 2 is 1.70 bits per heavy atom. The quantitative estimate of drug-likeness (QED) is 0.658. The van der Waals surface area contributed by atoms with Gasteiger partial charge in [-0.1, -0.05) is 12.1 Å². The van der Waals surface area contributed by atoms with E-state index in [-0.39, 0.29) is 17.0 Å².